The number of fused-ring (bicyclic) bond motifs is 1. The van der Waals surface area contributed by atoms with Crippen LogP contribution in [0.15, 0.2) is 76.0 Å². The highest BCUT2D eigenvalue weighted by Gasteiger charge is 2.31. The van der Waals surface area contributed by atoms with Crippen LogP contribution in [0.4, 0.5) is 0 Å². The Bertz CT molecular complexity index is 1490. The van der Waals surface area contributed by atoms with E-state index >= 15 is 0 Å². The second kappa shape index (κ2) is 8.28. The van der Waals surface area contributed by atoms with Gasteiger partial charge in [0.25, 0.3) is 5.56 Å². The van der Waals surface area contributed by atoms with Crippen LogP contribution in [-0.2, 0) is 0 Å². The highest BCUT2D eigenvalue weighted by Crippen LogP contribution is 2.43. The number of hydrogen-bond acceptors (Lipinski definition) is 6. The van der Waals surface area contributed by atoms with E-state index in [0.29, 0.717) is 17.1 Å². The normalized spacial score (nSPS) is 14.6. The van der Waals surface area contributed by atoms with Gasteiger partial charge >= 0.3 is 0 Å². The summed E-state index contributed by atoms with van der Waals surface area (Å²) >= 11 is 3.07. The van der Waals surface area contributed by atoms with Crippen molar-refractivity contribution in [2.75, 3.05) is 0 Å². The summed E-state index contributed by atoms with van der Waals surface area (Å²) in [4.78, 5) is 21.7. The maximum Gasteiger partial charge on any atom is 0.260 e. The molecule has 1 aliphatic carbocycles. The van der Waals surface area contributed by atoms with E-state index in [2.05, 4.69) is 31.9 Å². The van der Waals surface area contributed by atoms with Crippen LogP contribution in [0.3, 0.4) is 0 Å². The molecule has 0 saturated heterocycles. The van der Waals surface area contributed by atoms with Gasteiger partial charge < -0.3 is 4.98 Å². The van der Waals surface area contributed by atoms with Gasteiger partial charge in [-0.25, -0.2) is 4.98 Å². The molecule has 164 valence electrons. The summed E-state index contributed by atoms with van der Waals surface area (Å²) in [6.07, 6.45) is 2.30. The summed E-state index contributed by atoms with van der Waals surface area (Å²) in [6, 6.07) is 20.2. The molecule has 1 atom stereocenters. The van der Waals surface area contributed by atoms with Crippen molar-refractivity contribution in [1.29, 1.82) is 0 Å². The highest BCUT2D eigenvalue weighted by atomic mass is 32.2. The maximum atomic E-state index is 13.1. The van der Waals surface area contributed by atoms with Crippen molar-refractivity contribution in [3.05, 3.63) is 88.0 Å². The summed E-state index contributed by atoms with van der Waals surface area (Å²) in [7, 11) is 0. The fourth-order valence-corrected chi connectivity index (χ4v) is 5.87. The first-order valence-electron chi connectivity index (χ1n) is 10.9. The van der Waals surface area contributed by atoms with E-state index in [1.54, 1.807) is 11.8 Å². The zero-order valence-corrected chi connectivity index (χ0v) is 19.6. The molecule has 3 aromatic heterocycles. The monoisotopic (exact) mass is 471 g/mol. The van der Waals surface area contributed by atoms with Gasteiger partial charge in [0.2, 0.25) is 0 Å². The first-order valence-corrected chi connectivity index (χ1v) is 12.7. The lowest BCUT2D eigenvalue weighted by Crippen LogP contribution is -2.12. The zero-order valence-electron chi connectivity index (χ0n) is 17.9. The minimum Gasteiger partial charge on any atom is -0.309 e. The molecule has 1 saturated carbocycles. The molecule has 6 rings (SSSR count). The molecule has 0 bridgehead atoms. The van der Waals surface area contributed by atoms with Gasteiger partial charge in [-0.3, -0.25) is 9.36 Å². The Kier molecular flexibility index (Phi) is 5.11. The second-order valence-electron chi connectivity index (χ2n) is 8.19. The average Bonchev–Trinajstić information content (AvgIpc) is 3.46. The van der Waals surface area contributed by atoms with E-state index in [1.165, 1.54) is 11.3 Å². The largest absolute Gasteiger partial charge is 0.309 e. The summed E-state index contributed by atoms with van der Waals surface area (Å²) < 4.78 is 2.15. The van der Waals surface area contributed by atoms with Crippen LogP contribution in [0.2, 0.25) is 0 Å². The Balaban J connectivity index is 1.35. The third kappa shape index (κ3) is 3.79. The molecule has 1 fully saturated rings. The van der Waals surface area contributed by atoms with Crippen molar-refractivity contribution in [3.63, 3.8) is 0 Å². The molecule has 1 aliphatic rings. The third-order valence-electron chi connectivity index (χ3n) is 5.83. The van der Waals surface area contributed by atoms with Crippen LogP contribution < -0.4 is 5.56 Å². The van der Waals surface area contributed by atoms with Crippen molar-refractivity contribution >= 4 is 33.3 Å². The van der Waals surface area contributed by atoms with Crippen molar-refractivity contribution in [1.82, 2.24) is 24.7 Å². The Morgan fingerprint density at radius 3 is 2.52 bits per heavy atom. The smallest absolute Gasteiger partial charge is 0.260 e. The SMILES string of the molecule is CC(Sc1nnc(C2CC2)n1-c1ccccc1)c1nc2scc(-c3ccccc3)c2c(=O)[nH]1. The van der Waals surface area contributed by atoms with Gasteiger partial charge in [-0.1, -0.05) is 60.3 Å². The van der Waals surface area contributed by atoms with Gasteiger partial charge in [0.1, 0.15) is 16.5 Å². The number of thiophene rings is 1. The number of nitrogens with one attached hydrogen (secondary N) is 1. The number of aromatic nitrogens is 5. The van der Waals surface area contributed by atoms with Gasteiger partial charge in [0.15, 0.2) is 5.16 Å². The minimum atomic E-state index is -0.106. The minimum absolute atomic E-state index is 0.0944. The first-order chi connectivity index (χ1) is 16.2. The van der Waals surface area contributed by atoms with E-state index in [-0.39, 0.29) is 10.8 Å². The van der Waals surface area contributed by atoms with Crippen LogP contribution in [0, 0.1) is 0 Å². The summed E-state index contributed by atoms with van der Waals surface area (Å²) in [6.45, 7) is 2.04. The second-order valence-corrected chi connectivity index (χ2v) is 10.4. The van der Waals surface area contributed by atoms with Gasteiger partial charge in [-0.2, -0.15) is 0 Å². The predicted molar refractivity (Wildman–Crippen MR) is 133 cm³/mol. The van der Waals surface area contributed by atoms with Gasteiger partial charge in [0.05, 0.1) is 10.6 Å². The van der Waals surface area contributed by atoms with Crippen LogP contribution in [0.1, 0.15) is 42.6 Å². The molecule has 3 heterocycles. The standard InChI is InChI=1S/C25H21N5OS2/c1-15(33-25-29-28-22(17-12-13-17)30(25)18-10-6-3-7-11-18)21-26-23(31)20-19(14-32-24(20)27-21)16-8-4-2-5-9-16/h2-11,14-15,17H,12-13H2,1H3,(H,26,27,31). The van der Waals surface area contributed by atoms with Crippen molar-refractivity contribution < 1.29 is 0 Å². The van der Waals surface area contributed by atoms with E-state index in [4.69, 9.17) is 4.98 Å². The van der Waals surface area contributed by atoms with Crippen LogP contribution in [0.5, 0.6) is 0 Å². The zero-order chi connectivity index (χ0) is 22.4. The number of thioether (sulfide) groups is 1. The highest BCUT2D eigenvalue weighted by molar-refractivity contribution is 7.99. The molecule has 1 N–H and O–H groups in total. The van der Waals surface area contributed by atoms with Gasteiger partial charge in [0, 0.05) is 22.5 Å². The summed E-state index contributed by atoms with van der Waals surface area (Å²) in [5.74, 6) is 2.13. The fourth-order valence-electron chi connectivity index (χ4n) is 3.99. The van der Waals surface area contributed by atoms with Crippen LogP contribution >= 0.6 is 23.1 Å². The van der Waals surface area contributed by atoms with Crippen LogP contribution in [0.25, 0.3) is 27.0 Å². The van der Waals surface area contributed by atoms with Crippen molar-refractivity contribution in [2.45, 2.75) is 36.1 Å². The Hall–Kier alpha value is -3.23. The number of rotatable bonds is 6. The molecule has 6 nitrogen and oxygen atoms in total. The lowest BCUT2D eigenvalue weighted by atomic mass is 10.1. The van der Waals surface area contributed by atoms with Crippen LogP contribution in [-0.4, -0.2) is 24.7 Å². The molecule has 2 aromatic carbocycles. The maximum absolute atomic E-state index is 13.1. The average molecular weight is 472 g/mol. The Morgan fingerprint density at radius 1 is 1.06 bits per heavy atom. The van der Waals surface area contributed by atoms with E-state index in [0.717, 1.165) is 45.5 Å². The molecule has 0 radical (unpaired) electrons. The fraction of sp³-hybridized carbons (Fsp3) is 0.200. The summed E-state index contributed by atoms with van der Waals surface area (Å²) in [5.41, 5.74) is 2.90. The van der Waals surface area contributed by atoms with Crippen molar-refractivity contribution in [2.24, 2.45) is 0 Å². The Morgan fingerprint density at radius 2 is 1.79 bits per heavy atom. The molecular formula is C25H21N5OS2. The molecule has 5 aromatic rings. The van der Waals surface area contributed by atoms with E-state index < -0.39 is 0 Å². The number of para-hydroxylation sites is 1. The van der Waals surface area contributed by atoms with Crippen molar-refractivity contribution in [3.8, 4) is 16.8 Å². The molecule has 8 heteroatoms. The Labute approximate surface area is 198 Å². The molecule has 0 spiro atoms. The number of nitrogens with zero attached hydrogens (tertiary/aromatic N) is 4. The van der Waals surface area contributed by atoms with E-state index in [9.17, 15) is 4.79 Å². The lowest BCUT2D eigenvalue weighted by Gasteiger charge is -2.13. The quantitative estimate of drug-likeness (QED) is 0.309. The molecule has 1 unspecified atom stereocenters. The number of benzene rings is 2. The lowest BCUT2D eigenvalue weighted by molar-refractivity contribution is 0.822. The van der Waals surface area contributed by atoms with E-state index in [1.807, 2.05) is 60.8 Å². The predicted octanol–water partition coefficient (Wildman–Crippen LogP) is 5.96. The molecular weight excluding hydrogens is 450 g/mol. The first kappa shape index (κ1) is 20.4. The topological polar surface area (TPSA) is 76.5 Å². The van der Waals surface area contributed by atoms with Gasteiger partial charge in [-0.05, 0) is 37.5 Å². The molecule has 0 aliphatic heterocycles. The molecule has 0 amide bonds. The molecule has 33 heavy (non-hydrogen) atoms. The number of aromatic amines is 1. The number of hydrogen-bond donors (Lipinski definition) is 1. The summed E-state index contributed by atoms with van der Waals surface area (Å²) in [5, 5.41) is 12.4. The third-order valence-corrected chi connectivity index (χ3v) is 7.75. The number of H-pyrrole nitrogens is 1. The van der Waals surface area contributed by atoms with Gasteiger partial charge in [-0.15, -0.1) is 21.5 Å².